The molecule has 1 aromatic heterocycles. The lowest BCUT2D eigenvalue weighted by atomic mass is 10.1. The van der Waals surface area contributed by atoms with Gasteiger partial charge in [0.15, 0.2) is 15.5 Å². The van der Waals surface area contributed by atoms with Gasteiger partial charge >= 0.3 is 0 Å². The SMILES string of the molecule is COc1ccc(-c2cc(C(=O)N3CCc4ccccc43)nn2[C@@H]2CCS(=O)(=O)C2)cc1. The van der Waals surface area contributed by atoms with Crippen LogP contribution in [0.4, 0.5) is 5.69 Å². The summed E-state index contributed by atoms with van der Waals surface area (Å²) in [5, 5.41) is 4.62. The number of methoxy groups -OCH3 is 1. The molecule has 3 heterocycles. The summed E-state index contributed by atoms with van der Waals surface area (Å²) in [5.41, 5.74) is 3.98. The Kier molecular flexibility index (Phi) is 4.81. The smallest absolute Gasteiger partial charge is 0.278 e. The molecular weight excluding hydrogens is 414 g/mol. The highest BCUT2D eigenvalue weighted by Crippen LogP contribution is 2.33. The van der Waals surface area contributed by atoms with Gasteiger partial charge in [0.25, 0.3) is 5.91 Å². The number of sulfone groups is 1. The van der Waals surface area contributed by atoms with Crippen LogP contribution < -0.4 is 9.64 Å². The van der Waals surface area contributed by atoms with Gasteiger partial charge in [-0.2, -0.15) is 5.10 Å². The first-order valence-electron chi connectivity index (χ1n) is 10.3. The number of benzene rings is 2. The number of ether oxygens (including phenoxy) is 1. The van der Waals surface area contributed by atoms with Crippen molar-refractivity contribution >= 4 is 21.4 Å². The van der Waals surface area contributed by atoms with Gasteiger partial charge in [0.1, 0.15) is 5.75 Å². The molecule has 7 nitrogen and oxygen atoms in total. The van der Waals surface area contributed by atoms with E-state index in [1.54, 1.807) is 22.8 Å². The zero-order chi connectivity index (χ0) is 21.6. The van der Waals surface area contributed by atoms with E-state index in [-0.39, 0.29) is 23.5 Å². The van der Waals surface area contributed by atoms with Gasteiger partial charge in [-0.25, -0.2) is 8.42 Å². The first-order valence-corrected chi connectivity index (χ1v) is 12.1. The molecule has 0 unspecified atom stereocenters. The second-order valence-corrected chi connectivity index (χ2v) is 10.2. The minimum absolute atomic E-state index is 0.0397. The molecule has 2 aliphatic rings. The molecule has 31 heavy (non-hydrogen) atoms. The van der Waals surface area contributed by atoms with Gasteiger partial charge in [0.2, 0.25) is 0 Å². The Hall–Kier alpha value is -3.13. The van der Waals surface area contributed by atoms with E-state index in [4.69, 9.17) is 4.74 Å². The molecule has 8 heteroatoms. The molecular formula is C23H23N3O4S. The van der Waals surface area contributed by atoms with Crippen molar-refractivity contribution in [1.82, 2.24) is 9.78 Å². The number of para-hydroxylation sites is 1. The zero-order valence-corrected chi connectivity index (χ0v) is 18.0. The number of amides is 1. The first kappa shape index (κ1) is 19.8. The molecule has 1 fully saturated rings. The number of hydrogen-bond acceptors (Lipinski definition) is 5. The number of anilines is 1. The quantitative estimate of drug-likeness (QED) is 0.626. The lowest BCUT2D eigenvalue weighted by molar-refractivity contribution is 0.0983. The van der Waals surface area contributed by atoms with Gasteiger partial charge in [0.05, 0.1) is 30.4 Å². The number of aromatic nitrogens is 2. The molecule has 0 saturated carbocycles. The van der Waals surface area contributed by atoms with E-state index in [9.17, 15) is 13.2 Å². The Morgan fingerprint density at radius 1 is 1.13 bits per heavy atom. The summed E-state index contributed by atoms with van der Waals surface area (Å²) in [6, 6.07) is 16.9. The van der Waals surface area contributed by atoms with E-state index in [2.05, 4.69) is 5.10 Å². The van der Waals surface area contributed by atoms with E-state index in [1.165, 1.54) is 0 Å². The van der Waals surface area contributed by atoms with Crippen molar-refractivity contribution in [3.8, 4) is 17.0 Å². The van der Waals surface area contributed by atoms with Crippen molar-refractivity contribution in [2.45, 2.75) is 18.9 Å². The molecule has 1 atom stereocenters. The highest BCUT2D eigenvalue weighted by Gasteiger charge is 2.33. The predicted molar refractivity (Wildman–Crippen MR) is 118 cm³/mol. The van der Waals surface area contributed by atoms with Gasteiger partial charge in [-0.3, -0.25) is 9.48 Å². The van der Waals surface area contributed by atoms with Crippen molar-refractivity contribution < 1.29 is 17.9 Å². The third kappa shape index (κ3) is 3.61. The maximum atomic E-state index is 13.4. The van der Waals surface area contributed by atoms with Gasteiger partial charge in [-0.1, -0.05) is 18.2 Å². The molecule has 0 radical (unpaired) electrons. The summed E-state index contributed by atoms with van der Waals surface area (Å²) in [7, 11) is -1.49. The van der Waals surface area contributed by atoms with E-state index < -0.39 is 9.84 Å². The number of fused-ring (bicyclic) bond motifs is 1. The van der Waals surface area contributed by atoms with Crippen LogP contribution in [-0.4, -0.2) is 49.3 Å². The summed E-state index contributed by atoms with van der Waals surface area (Å²) in [6.45, 7) is 0.612. The third-order valence-electron chi connectivity index (χ3n) is 6.03. The highest BCUT2D eigenvalue weighted by molar-refractivity contribution is 7.91. The second-order valence-electron chi connectivity index (χ2n) is 7.98. The van der Waals surface area contributed by atoms with Crippen LogP contribution in [0.25, 0.3) is 11.3 Å². The zero-order valence-electron chi connectivity index (χ0n) is 17.2. The molecule has 2 aromatic carbocycles. The molecule has 0 aliphatic carbocycles. The van der Waals surface area contributed by atoms with Crippen LogP contribution in [0, 0.1) is 0 Å². The molecule has 1 amide bonds. The fourth-order valence-electron chi connectivity index (χ4n) is 4.41. The number of carbonyl (C=O) groups excluding carboxylic acids is 1. The summed E-state index contributed by atoms with van der Waals surface area (Å²) >= 11 is 0. The number of carbonyl (C=O) groups is 1. The van der Waals surface area contributed by atoms with Crippen molar-refractivity contribution in [3.05, 3.63) is 65.9 Å². The Labute approximate surface area is 181 Å². The minimum atomic E-state index is -3.10. The minimum Gasteiger partial charge on any atom is -0.497 e. The van der Waals surface area contributed by atoms with Crippen molar-refractivity contribution in [3.63, 3.8) is 0 Å². The average Bonchev–Trinajstić information content (AvgIpc) is 3.49. The first-order chi connectivity index (χ1) is 14.9. The molecule has 5 rings (SSSR count). The molecule has 0 bridgehead atoms. The molecule has 0 N–H and O–H groups in total. The van der Waals surface area contributed by atoms with E-state index in [1.807, 2.05) is 48.5 Å². The highest BCUT2D eigenvalue weighted by atomic mass is 32.2. The molecule has 2 aliphatic heterocycles. The predicted octanol–water partition coefficient (Wildman–Crippen LogP) is 3.12. The maximum Gasteiger partial charge on any atom is 0.278 e. The van der Waals surface area contributed by atoms with Crippen LogP contribution in [0.3, 0.4) is 0 Å². The van der Waals surface area contributed by atoms with Gasteiger partial charge in [-0.05, 0) is 54.8 Å². The standard InChI is InChI=1S/C23H23N3O4S/c1-30-19-8-6-17(7-9-19)22-14-20(24-26(22)18-11-13-31(28,29)15-18)23(27)25-12-10-16-4-2-3-5-21(16)25/h2-9,14,18H,10-13,15H2,1H3/t18-/m1/s1. The fourth-order valence-corrected chi connectivity index (χ4v) is 6.10. The Morgan fingerprint density at radius 2 is 1.90 bits per heavy atom. The molecule has 1 saturated heterocycles. The van der Waals surface area contributed by atoms with Crippen molar-refractivity contribution in [1.29, 1.82) is 0 Å². The molecule has 160 valence electrons. The largest absolute Gasteiger partial charge is 0.497 e. The monoisotopic (exact) mass is 437 g/mol. The Balaban J connectivity index is 1.55. The Bertz CT molecular complexity index is 1250. The molecule has 0 spiro atoms. The van der Waals surface area contributed by atoms with Gasteiger partial charge in [-0.15, -0.1) is 0 Å². The van der Waals surface area contributed by atoms with Crippen LogP contribution >= 0.6 is 0 Å². The summed E-state index contributed by atoms with van der Waals surface area (Å²) in [4.78, 5) is 15.1. The summed E-state index contributed by atoms with van der Waals surface area (Å²) in [5.74, 6) is 0.739. The summed E-state index contributed by atoms with van der Waals surface area (Å²) in [6.07, 6.45) is 1.31. The van der Waals surface area contributed by atoms with Crippen LogP contribution in [0.15, 0.2) is 54.6 Å². The second kappa shape index (κ2) is 7.53. The van der Waals surface area contributed by atoms with Crippen LogP contribution in [0.5, 0.6) is 5.75 Å². The topological polar surface area (TPSA) is 81.5 Å². The fraction of sp³-hybridized carbons (Fsp3) is 0.304. The van der Waals surface area contributed by atoms with Gasteiger partial charge < -0.3 is 9.64 Å². The maximum absolute atomic E-state index is 13.4. The van der Waals surface area contributed by atoms with Crippen LogP contribution in [-0.2, 0) is 16.3 Å². The Morgan fingerprint density at radius 3 is 2.61 bits per heavy atom. The van der Waals surface area contributed by atoms with Crippen molar-refractivity contribution in [2.24, 2.45) is 0 Å². The third-order valence-corrected chi connectivity index (χ3v) is 7.78. The number of nitrogens with zero attached hydrogens (tertiary/aromatic N) is 3. The van der Waals surface area contributed by atoms with E-state index in [0.717, 1.165) is 34.7 Å². The molecule has 3 aromatic rings. The van der Waals surface area contributed by atoms with Crippen LogP contribution in [0.1, 0.15) is 28.5 Å². The van der Waals surface area contributed by atoms with Crippen molar-refractivity contribution in [2.75, 3.05) is 30.1 Å². The van der Waals surface area contributed by atoms with Crippen LogP contribution in [0.2, 0.25) is 0 Å². The van der Waals surface area contributed by atoms with E-state index >= 15 is 0 Å². The summed E-state index contributed by atoms with van der Waals surface area (Å²) < 4.78 is 31.2. The lowest BCUT2D eigenvalue weighted by Gasteiger charge is -2.16. The van der Waals surface area contributed by atoms with E-state index in [0.29, 0.717) is 18.7 Å². The lowest BCUT2D eigenvalue weighted by Crippen LogP contribution is -2.29. The number of rotatable bonds is 4. The van der Waals surface area contributed by atoms with Gasteiger partial charge in [0, 0.05) is 17.8 Å². The number of hydrogen-bond donors (Lipinski definition) is 0. The average molecular weight is 438 g/mol. The normalized spacial score (nSPS) is 19.4.